The number of carboxylic acids is 1. The first-order valence-corrected chi connectivity index (χ1v) is 12.1. The lowest BCUT2D eigenvalue weighted by Crippen LogP contribution is -2.20. The van der Waals surface area contributed by atoms with E-state index < -0.39 is 5.97 Å². The van der Waals surface area contributed by atoms with Gasteiger partial charge in [0, 0.05) is 61.5 Å². The molecule has 0 spiro atoms. The van der Waals surface area contributed by atoms with Gasteiger partial charge in [0.05, 0.1) is 6.20 Å². The van der Waals surface area contributed by atoms with Crippen LogP contribution in [0, 0.1) is 0 Å². The minimum absolute atomic E-state index is 0.0626. The van der Waals surface area contributed by atoms with E-state index in [0.717, 1.165) is 61.2 Å². The van der Waals surface area contributed by atoms with Crippen LogP contribution in [0.5, 0.6) is 0 Å². The molecule has 9 heteroatoms. The Labute approximate surface area is 203 Å². The van der Waals surface area contributed by atoms with Gasteiger partial charge in [-0.15, -0.1) is 0 Å². The van der Waals surface area contributed by atoms with E-state index in [9.17, 15) is 9.90 Å². The van der Waals surface area contributed by atoms with Crippen LogP contribution in [0.1, 0.15) is 53.9 Å². The smallest absolute Gasteiger partial charge is 0.352 e. The van der Waals surface area contributed by atoms with Crippen LogP contribution >= 0.6 is 0 Å². The highest BCUT2D eigenvalue weighted by molar-refractivity contribution is 5.95. The average molecular weight is 473 g/mol. The number of nitrogens with zero attached hydrogens (tertiary/aromatic N) is 6. The summed E-state index contributed by atoms with van der Waals surface area (Å²) < 4.78 is 9.55. The van der Waals surface area contributed by atoms with Gasteiger partial charge in [-0.3, -0.25) is 0 Å². The van der Waals surface area contributed by atoms with Crippen molar-refractivity contribution in [1.82, 2.24) is 24.3 Å². The fourth-order valence-corrected chi connectivity index (χ4v) is 5.23. The van der Waals surface area contributed by atoms with Gasteiger partial charge >= 0.3 is 5.97 Å². The topological polar surface area (TPSA) is 98.3 Å². The first kappa shape index (κ1) is 21.8. The summed E-state index contributed by atoms with van der Waals surface area (Å²) in [5.74, 6) is 0.996. The van der Waals surface area contributed by atoms with Crippen molar-refractivity contribution in [3.05, 3.63) is 60.2 Å². The maximum atomic E-state index is 11.5. The summed E-state index contributed by atoms with van der Waals surface area (Å²) in [6, 6.07) is 9.46. The molecule has 2 aliphatic heterocycles. The van der Waals surface area contributed by atoms with Gasteiger partial charge in [0.2, 0.25) is 0 Å². The number of ether oxygens (including phenoxy) is 1. The van der Waals surface area contributed by atoms with E-state index >= 15 is 0 Å². The van der Waals surface area contributed by atoms with Crippen molar-refractivity contribution < 1.29 is 14.6 Å². The zero-order chi connectivity index (χ0) is 23.9. The Morgan fingerprint density at radius 3 is 2.91 bits per heavy atom. The molecule has 2 fully saturated rings. The molecule has 0 radical (unpaired) electrons. The van der Waals surface area contributed by atoms with Gasteiger partial charge in [-0.2, -0.15) is 5.10 Å². The summed E-state index contributed by atoms with van der Waals surface area (Å²) in [6.07, 6.45) is 10.4. The quantitative estimate of drug-likeness (QED) is 0.464. The van der Waals surface area contributed by atoms with Gasteiger partial charge in [0.25, 0.3) is 0 Å². The van der Waals surface area contributed by atoms with Crippen molar-refractivity contribution in [2.45, 2.75) is 37.8 Å². The number of aromatic carboxylic acids is 1. The largest absolute Gasteiger partial charge is 0.477 e. The first-order valence-electron chi connectivity index (χ1n) is 12.1. The zero-order valence-corrected chi connectivity index (χ0v) is 19.7. The van der Waals surface area contributed by atoms with Crippen LogP contribution in [-0.4, -0.2) is 55.1 Å². The highest BCUT2D eigenvalue weighted by Crippen LogP contribution is 2.32. The molecule has 35 heavy (non-hydrogen) atoms. The van der Waals surface area contributed by atoms with E-state index in [2.05, 4.69) is 21.2 Å². The molecular weight excluding hydrogens is 444 g/mol. The van der Waals surface area contributed by atoms with Gasteiger partial charge < -0.3 is 19.3 Å². The second kappa shape index (κ2) is 8.81. The lowest BCUT2D eigenvalue weighted by Gasteiger charge is -2.22. The number of aryl methyl sites for hydroxylation is 1. The first-order chi connectivity index (χ1) is 17.1. The van der Waals surface area contributed by atoms with E-state index in [0.29, 0.717) is 11.7 Å². The monoisotopic (exact) mass is 472 g/mol. The van der Waals surface area contributed by atoms with Gasteiger partial charge in [0.1, 0.15) is 17.7 Å². The van der Waals surface area contributed by atoms with Crippen molar-refractivity contribution in [2.24, 2.45) is 7.05 Å². The second-order valence-corrected chi connectivity index (χ2v) is 9.41. The summed E-state index contributed by atoms with van der Waals surface area (Å²) in [7, 11) is 1.76. The van der Waals surface area contributed by atoms with Crippen LogP contribution in [0.2, 0.25) is 0 Å². The summed E-state index contributed by atoms with van der Waals surface area (Å²) in [4.78, 5) is 23.1. The van der Waals surface area contributed by atoms with Crippen LogP contribution < -0.4 is 4.90 Å². The number of fused-ring (bicyclic) bond motifs is 1. The predicted octanol–water partition coefficient (Wildman–Crippen LogP) is 4.22. The summed E-state index contributed by atoms with van der Waals surface area (Å²) >= 11 is 0. The highest BCUT2D eigenvalue weighted by atomic mass is 16.5. The molecular formula is C26H28N6O3. The number of rotatable bonds is 5. The third-order valence-electron chi connectivity index (χ3n) is 7.22. The number of benzene rings is 1. The molecule has 0 saturated carbocycles. The molecule has 2 aliphatic rings. The molecule has 0 bridgehead atoms. The minimum atomic E-state index is -0.941. The number of hydrogen-bond acceptors (Lipinski definition) is 6. The Kier molecular flexibility index (Phi) is 5.49. The van der Waals surface area contributed by atoms with E-state index in [1.54, 1.807) is 23.9 Å². The van der Waals surface area contributed by atoms with Crippen LogP contribution in [0.25, 0.3) is 22.3 Å². The maximum Gasteiger partial charge on any atom is 0.352 e. The Hall–Kier alpha value is -3.72. The van der Waals surface area contributed by atoms with Crippen molar-refractivity contribution in [3.63, 3.8) is 0 Å². The van der Waals surface area contributed by atoms with Gasteiger partial charge in [-0.25, -0.2) is 19.4 Å². The summed E-state index contributed by atoms with van der Waals surface area (Å²) in [5.41, 5.74) is 3.21. The second-order valence-electron chi connectivity index (χ2n) is 9.41. The summed E-state index contributed by atoms with van der Waals surface area (Å²) in [5, 5.41) is 14.9. The number of carboxylic acid groups (broad SMARTS) is 1. The molecule has 180 valence electrons. The minimum Gasteiger partial charge on any atom is -0.477 e. The average Bonchev–Trinajstić information content (AvgIpc) is 3.63. The molecule has 0 amide bonds. The van der Waals surface area contributed by atoms with Crippen molar-refractivity contribution in [1.29, 1.82) is 0 Å². The normalized spacial score (nSPS) is 20.5. The third-order valence-corrected chi connectivity index (χ3v) is 7.22. The number of carbonyl (C=O) groups is 1. The molecule has 1 aromatic carbocycles. The number of anilines is 1. The van der Waals surface area contributed by atoms with Crippen LogP contribution in [0.15, 0.2) is 48.9 Å². The Bertz CT molecular complexity index is 1390. The Morgan fingerprint density at radius 1 is 1.17 bits per heavy atom. The van der Waals surface area contributed by atoms with E-state index in [4.69, 9.17) is 9.72 Å². The standard InChI is InChI=1S/C26H28N6O3/c1-30-21-13-18(6-5-17(21)12-22(30)26(33)34)25-27-9-7-23(29-25)31-10-8-19(15-31)20-14-28-32(16-20)24-4-2-3-11-35-24/h5-7,9,12-14,16,19,24H,2-4,8,10-11,15H2,1H3,(H,33,34). The van der Waals surface area contributed by atoms with Gasteiger partial charge in [-0.1, -0.05) is 12.1 Å². The van der Waals surface area contributed by atoms with Crippen LogP contribution in [0.3, 0.4) is 0 Å². The molecule has 2 unspecified atom stereocenters. The Balaban J connectivity index is 1.21. The molecule has 2 saturated heterocycles. The molecule has 1 N–H and O–H groups in total. The van der Waals surface area contributed by atoms with E-state index in [1.165, 1.54) is 12.0 Å². The zero-order valence-electron chi connectivity index (χ0n) is 19.7. The summed E-state index contributed by atoms with van der Waals surface area (Å²) in [6.45, 7) is 2.61. The molecule has 9 nitrogen and oxygen atoms in total. The lowest BCUT2D eigenvalue weighted by atomic mass is 10.0. The van der Waals surface area contributed by atoms with Crippen LogP contribution in [0.4, 0.5) is 5.82 Å². The SMILES string of the molecule is Cn1c(C(=O)O)cc2ccc(-c3nccc(N4CCC(c5cnn(C6CCCCO6)c5)C4)n3)cc21. The molecule has 4 aromatic rings. The molecule has 0 aliphatic carbocycles. The highest BCUT2D eigenvalue weighted by Gasteiger charge is 2.27. The van der Waals surface area contributed by atoms with Gasteiger partial charge in [0.15, 0.2) is 5.82 Å². The van der Waals surface area contributed by atoms with Crippen LogP contribution in [-0.2, 0) is 11.8 Å². The fourth-order valence-electron chi connectivity index (χ4n) is 5.23. The van der Waals surface area contributed by atoms with Crippen molar-refractivity contribution in [3.8, 4) is 11.4 Å². The van der Waals surface area contributed by atoms with E-state index in [-0.39, 0.29) is 11.9 Å². The maximum absolute atomic E-state index is 11.5. The predicted molar refractivity (Wildman–Crippen MR) is 132 cm³/mol. The van der Waals surface area contributed by atoms with Crippen molar-refractivity contribution >= 4 is 22.7 Å². The molecule has 3 aromatic heterocycles. The number of hydrogen-bond donors (Lipinski definition) is 1. The molecule has 5 heterocycles. The Morgan fingerprint density at radius 2 is 2.09 bits per heavy atom. The molecule has 6 rings (SSSR count). The fraction of sp³-hybridized carbons (Fsp3) is 0.385. The van der Waals surface area contributed by atoms with Gasteiger partial charge in [-0.05, 0) is 49.4 Å². The van der Waals surface area contributed by atoms with E-state index in [1.807, 2.05) is 35.1 Å². The van der Waals surface area contributed by atoms with Crippen molar-refractivity contribution in [2.75, 3.05) is 24.6 Å². The molecule has 2 atom stereocenters. The lowest BCUT2D eigenvalue weighted by molar-refractivity contribution is -0.0395. The number of aromatic nitrogens is 5. The third kappa shape index (κ3) is 4.05.